The van der Waals surface area contributed by atoms with E-state index in [1.54, 1.807) is 11.3 Å². The van der Waals surface area contributed by atoms with Crippen LogP contribution in [0.5, 0.6) is 5.75 Å². The van der Waals surface area contributed by atoms with Gasteiger partial charge in [-0.25, -0.2) is 15.0 Å². The van der Waals surface area contributed by atoms with E-state index in [1.807, 2.05) is 41.2 Å². The fraction of sp³-hybridized carbons (Fsp3) is 0.250. The van der Waals surface area contributed by atoms with Crippen molar-refractivity contribution >= 4 is 34.0 Å². The molecule has 0 atom stereocenters. The van der Waals surface area contributed by atoms with E-state index in [9.17, 15) is 0 Å². The molecule has 0 radical (unpaired) electrons. The average Bonchev–Trinajstić information content (AvgIpc) is 3.62. The number of fused-ring (bicyclic) bond motifs is 1. The maximum atomic E-state index is 5.86. The molecule has 0 amide bonds. The van der Waals surface area contributed by atoms with Gasteiger partial charge in [0.05, 0.1) is 12.2 Å². The largest absolute Gasteiger partial charge is 0.492 e. The number of hydrogen-bond acceptors (Lipinski definition) is 8. The number of hydrogen-bond donors (Lipinski definition) is 1. The zero-order valence-electron chi connectivity index (χ0n) is 20.7. The van der Waals surface area contributed by atoms with Crippen LogP contribution in [0.2, 0.25) is 0 Å². The van der Waals surface area contributed by atoms with Crippen LogP contribution in [-0.4, -0.2) is 70.8 Å². The highest BCUT2D eigenvalue weighted by molar-refractivity contribution is 7.08. The molecule has 1 aliphatic heterocycles. The molecule has 6 rings (SSSR count). The number of ether oxygens (including phenoxy) is 1. The highest BCUT2D eigenvalue weighted by Crippen LogP contribution is 2.28. The van der Waals surface area contributed by atoms with Gasteiger partial charge in [0.1, 0.15) is 18.7 Å². The molecular formula is C28H29N7OS. The standard InChI is InChI=1S/C28H29N7OS/c1-33-13-15-34(16-14-33)22-9-7-21(8-10-22)26-31-27(29-12-17-36-24-5-3-2-4-6-24)25-28(32-26)35(20-30-25)23-11-18-37-19-23/h2-11,18-20H,12-17H2,1H3,(H,29,31,32). The molecule has 4 heterocycles. The molecule has 0 saturated carbocycles. The molecule has 37 heavy (non-hydrogen) atoms. The Morgan fingerprint density at radius 3 is 2.49 bits per heavy atom. The van der Waals surface area contributed by atoms with Gasteiger partial charge in [-0.1, -0.05) is 18.2 Å². The lowest BCUT2D eigenvalue weighted by Gasteiger charge is -2.34. The van der Waals surface area contributed by atoms with Gasteiger partial charge in [-0.15, -0.1) is 0 Å². The predicted octanol–water partition coefficient (Wildman–Crippen LogP) is 4.79. The van der Waals surface area contributed by atoms with Crippen molar-refractivity contribution in [2.45, 2.75) is 0 Å². The smallest absolute Gasteiger partial charge is 0.170 e. The third-order valence-corrected chi connectivity index (χ3v) is 7.25. The van der Waals surface area contributed by atoms with E-state index in [0.717, 1.165) is 54.3 Å². The van der Waals surface area contributed by atoms with E-state index in [-0.39, 0.29) is 0 Å². The Labute approximate surface area is 220 Å². The molecule has 1 fully saturated rings. The van der Waals surface area contributed by atoms with Gasteiger partial charge in [0.2, 0.25) is 0 Å². The topological polar surface area (TPSA) is 71.3 Å². The van der Waals surface area contributed by atoms with Gasteiger partial charge in [-0.2, -0.15) is 11.3 Å². The SMILES string of the molecule is CN1CCN(c2ccc(-c3nc(NCCOc4ccccc4)c4ncn(-c5ccsc5)c4n3)cc2)CC1. The number of imidazole rings is 1. The predicted molar refractivity (Wildman–Crippen MR) is 150 cm³/mol. The van der Waals surface area contributed by atoms with Crippen LogP contribution in [0.4, 0.5) is 11.5 Å². The summed E-state index contributed by atoms with van der Waals surface area (Å²) in [5.74, 6) is 2.22. The van der Waals surface area contributed by atoms with E-state index in [2.05, 4.69) is 68.2 Å². The second kappa shape index (κ2) is 10.6. The van der Waals surface area contributed by atoms with Crippen LogP contribution in [0, 0.1) is 0 Å². The molecule has 0 unspecified atom stereocenters. The van der Waals surface area contributed by atoms with E-state index in [4.69, 9.17) is 14.7 Å². The zero-order valence-corrected chi connectivity index (χ0v) is 21.6. The van der Waals surface area contributed by atoms with Gasteiger partial charge in [-0.3, -0.25) is 4.57 Å². The number of anilines is 2. The summed E-state index contributed by atoms with van der Waals surface area (Å²) in [6.07, 6.45) is 1.81. The van der Waals surface area contributed by atoms with E-state index in [0.29, 0.717) is 24.8 Å². The van der Waals surface area contributed by atoms with E-state index in [1.165, 1.54) is 5.69 Å². The summed E-state index contributed by atoms with van der Waals surface area (Å²) < 4.78 is 7.87. The number of piperazine rings is 1. The van der Waals surface area contributed by atoms with Crippen LogP contribution in [-0.2, 0) is 0 Å². The Morgan fingerprint density at radius 1 is 0.919 bits per heavy atom. The van der Waals surface area contributed by atoms with Crippen LogP contribution in [0.1, 0.15) is 0 Å². The Bertz CT molecular complexity index is 1440. The first kappa shape index (κ1) is 23.4. The number of nitrogens with one attached hydrogen (secondary N) is 1. The highest BCUT2D eigenvalue weighted by Gasteiger charge is 2.17. The molecule has 3 aromatic heterocycles. The summed E-state index contributed by atoms with van der Waals surface area (Å²) in [5, 5.41) is 7.58. The Morgan fingerprint density at radius 2 is 1.73 bits per heavy atom. The molecule has 0 aliphatic carbocycles. The minimum atomic E-state index is 0.510. The van der Waals surface area contributed by atoms with Crippen molar-refractivity contribution < 1.29 is 4.74 Å². The van der Waals surface area contributed by atoms with Crippen molar-refractivity contribution in [3.05, 3.63) is 77.8 Å². The molecule has 188 valence electrons. The normalized spacial score (nSPS) is 14.2. The van der Waals surface area contributed by atoms with Crippen LogP contribution in [0.25, 0.3) is 28.2 Å². The Hall–Kier alpha value is -3.95. The van der Waals surface area contributed by atoms with Crippen molar-refractivity contribution in [2.75, 3.05) is 56.6 Å². The van der Waals surface area contributed by atoms with Crippen LogP contribution >= 0.6 is 11.3 Å². The molecule has 0 bridgehead atoms. The highest BCUT2D eigenvalue weighted by atomic mass is 32.1. The maximum absolute atomic E-state index is 5.86. The molecule has 8 nitrogen and oxygen atoms in total. The van der Waals surface area contributed by atoms with Crippen molar-refractivity contribution in [2.24, 2.45) is 0 Å². The zero-order chi connectivity index (χ0) is 25.0. The third-order valence-electron chi connectivity index (χ3n) is 6.58. The summed E-state index contributed by atoms with van der Waals surface area (Å²) in [5.41, 5.74) is 4.77. The lowest BCUT2D eigenvalue weighted by Crippen LogP contribution is -2.44. The number of likely N-dealkylation sites (N-methyl/N-ethyl adjacent to an activating group) is 1. The van der Waals surface area contributed by atoms with Gasteiger partial charge in [0.25, 0.3) is 0 Å². The number of para-hydroxylation sites is 1. The lowest BCUT2D eigenvalue weighted by molar-refractivity contribution is 0.313. The summed E-state index contributed by atoms with van der Waals surface area (Å²) in [4.78, 5) is 19.3. The first-order chi connectivity index (χ1) is 18.2. The van der Waals surface area contributed by atoms with Gasteiger partial charge in [-0.05, 0) is 54.9 Å². The molecular weight excluding hydrogens is 482 g/mol. The van der Waals surface area contributed by atoms with Crippen molar-refractivity contribution in [1.82, 2.24) is 24.4 Å². The van der Waals surface area contributed by atoms with Gasteiger partial charge >= 0.3 is 0 Å². The minimum Gasteiger partial charge on any atom is -0.492 e. The molecule has 1 saturated heterocycles. The quantitative estimate of drug-likeness (QED) is 0.301. The van der Waals surface area contributed by atoms with E-state index >= 15 is 0 Å². The van der Waals surface area contributed by atoms with Gasteiger partial charge < -0.3 is 19.9 Å². The molecule has 0 spiro atoms. The summed E-state index contributed by atoms with van der Waals surface area (Å²) >= 11 is 1.65. The summed E-state index contributed by atoms with van der Waals surface area (Å²) in [6, 6.07) is 20.5. The maximum Gasteiger partial charge on any atom is 0.170 e. The number of aromatic nitrogens is 4. The number of rotatable bonds is 8. The fourth-order valence-electron chi connectivity index (χ4n) is 4.48. The van der Waals surface area contributed by atoms with Gasteiger partial charge in [0.15, 0.2) is 22.8 Å². The molecule has 1 aliphatic rings. The summed E-state index contributed by atoms with van der Waals surface area (Å²) in [6.45, 7) is 5.34. The van der Waals surface area contributed by atoms with Crippen LogP contribution in [0.15, 0.2) is 77.8 Å². The number of benzene rings is 2. The fourth-order valence-corrected chi connectivity index (χ4v) is 5.10. The lowest BCUT2D eigenvalue weighted by atomic mass is 10.1. The number of thiophene rings is 1. The summed E-state index contributed by atoms with van der Waals surface area (Å²) in [7, 11) is 2.17. The van der Waals surface area contributed by atoms with Crippen LogP contribution < -0.4 is 15.0 Å². The third kappa shape index (κ3) is 5.14. The Balaban J connectivity index is 1.28. The minimum absolute atomic E-state index is 0.510. The second-order valence-corrected chi connectivity index (χ2v) is 9.87. The first-order valence-electron chi connectivity index (χ1n) is 12.5. The van der Waals surface area contributed by atoms with Crippen LogP contribution in [0.3, 0.4) is 0 Å². The van der Waals surface area contributed by atoms with Crippen molar-refractivity contribution in [1.29, 1.82) is 0 Å². The Kier molecular flexibility index (Phi) is 6.70. The van der Waals surface area contributed by atoms with Crippen molar-refractivity contribution in [3.8, 4) is 22.8 Å². The molecule has 9 heteroatoms. The van der Waals surface area contributed by atoms with Crippen molar-refractivity contribution in [3.63, 3.8) is 0 Å². The van der Waals surface area contributed by atoms with Gasteiger partial charge in [0, 0.05) is 42.8 Å². The molecule has 2 aromatic carbocycles. The molecule has 5 aromatic rings. The monoisotopic (exact) mass is 511 g/mol. The second-order valence-electron chi connectivity index (χ2n) is 9.09. The molecule has 1 N–H and O–H groups in total. The first-order valence-corrected chi connectivity index (χ1v) is 13.4. The number of nitrogens with zero attached hydrogens (tertiary/aromatic N) is 6. The average molecular weight is 512 g/mol. The van der Waals surface area contributed by atoms with E-state index < -0.39 is 0 Å².